The summed E-state index contributed by atoms with van der Waals surface area (Å²) in [5, 5.41) is 7.73. The van der Waals surface area contributed by atoms with Crippen LogP contribution in [0, 0.1) is 0 Å². The number of piperidine rings is 1. The van der Waals surface area contributed by atoms with Gasteiger partial charge in [-0.3, -0.25) is 9.59 Å². The van der Waals surface area contributed by atoms with E-state index in [0.717, 1.165) is 24.2 Å². The van der Waals surface area contributed by atoms with Crippen molar-refractivity contribution in [3.8, 4) is 17.1 Å². The lowest BCUT2D eigenvalue weighted by Crippen LogP contribution is -2.46. The van der Waals surface area contributed by atoms with Gasteiger partial charge in [0, 0.05) is 48.1 Å². The van der Waals surface area contributed by atoms with Gasteiger partial charge < -0.3 is 19.5 Å². The number of nitrogens with zero attached hydrogens (tertiary/aromatic N) is 3. The minimum Gasteiger partial charge on any atom is -0.494 e. The van der Waals surface area contributed by atoms with E-state index in [1.165, 1.54) is 0 Å². The molecule has 1 aliphatic rings. The van der Waals surface area contributed by atoms with Crippen LogP contribution < -0.4 is 10.1 Å². The van der Waals surface area contributed by atoms with Crippen molar-refractivity contribution < 1.29 is 18.8 Å². The van der Waals surface area contributed by atoms with Crippen LogP contribution in [0.15, 0.2) is 53.1 Å². The Balaban J connectivity index is 1.16. The van der Waals surface area contributed by atoms with E-state index in [2.05, 4.69) is 15.5 Å². The van der Waals surface area contributed by atoms with Gasteiger partial charge >= 0.3 is 0 Å². The summed E-state index contributed by atoms with van der Waals surface area (Å²) >= 11 is 5.91. The predicted molar refractivity (Wildman–Crippen MR) is 132 cm³/mol. The van der Waals surface area contributed by atoms with Gasteiger partial charge in [-0.15, -0.1) is 0 Å². The molecule has 35 heavy (non-hydrogen) atoms. The van der Waals surface area contributed by atoms with Crippen LogP contribution in [0.3, 0.4) is 0 Å². The van der Waals surface area contributed by atoms with Crippen LogP contribution in [0.25, 0.3) is 11.4 Å². The number of hydrogen-bond acceptors (Lipinski definition) is 6. The lowest BCUT2D eigenvalue weighted by atomic mass is 10.0. The molecule has 3 aromatic rings. The molecule has 9 heteroatoms. The van der Waals surface area contributed by atoms with Gasteiger partial charge in [-0.25, -0.2) is 0 Å². The van der Waals surface area contributed by atoms with Crippen LogP contribution in [0.5, 0.6) is 5.75 Å². The quantitative estimate of drug-likeness (QED) is 0.467. The summed E-state index contributed by atoms with van der Waals surface area (Å²) in [7, 11) is 0. The van der Waals surface area contributed by atoms with Crippen LogP contribution in [0.4, 0.5) is 0 Å². The highest BCUT2D eigenvalue weighted by Gasteiger charge is 2.24. The maximum Gasteiger partial charge on any atom is 0.253 e. The Morgan fingerprint density at radius 2 is 1.83 bits per heavy atom. The van der Waals surface area contributed by atoms with Gasteiger partial charge in [-0.05, 0) is 74.7 Å². The first-order chi connectivity index (χ1) is 17.0. The number of amides is 2. The average molecular weight is 497 g/mol. The first-order valence-electron chi connectivity index (χ1n) is 11.9. The van der Waals surface area contributed by atoms with Crippen molar-refractivity contribution in [2.75, 3.05) is 19.7 Å². The molecule has 0 spiro atoms. The Morgan fingerprint density at radius 1 is 1.11 bits per heavy atom. The summed E-state index contributed by atoms with van der Waals surface area (Å²) in [4.78, 5) is 31.4. The van der Waals surface area contributed by atoms with Crippen molar-refractivity contribution in [1.82, 2.24) is 20.4 Å². The molecule has 184 valence electrons. The van der Waals surface area contributed by atoms with E-state index in [1.54, 1.807) is 24.3 Å². The van der Waals surface area contributed by atoms with Crippen molar-refractivity contribution in [2.45, 2.75) is 45.1 Å². The smallest absolute Gasteiger partial charge is 0.253 e. The number of nitrogens with one attached hydrogen (secondary N) is 1. The largest absolute Gasteiger partial charge is 0.494 e. The molecule has 8 nitrogen and oxygen atoms in total. The molecular weight excluding hydrogens is 468 g/mol. The fourth-order valence-electron chi connectivity index (χ4n) is 4.04. The molecule has 0 bridgehead atoms. The zero-order valence-electron chi connectivity index (χ0n) is 19.7. The van der Waals surface area contributed by atoms with Gasteiger partial charge in [0.15, 0.2) is 0 Å². The summed E-state index contributed by atoms with van der Waals surface area (Å²) < 4.78 is 10.7. The Bertz CT molecular complexity index is 1120. The van der Waals surface area contributed by atoms with E-state index in [4.69, 9.17) is 20.9 Å². The maximum absolute atomic E-state index is 12.8. The third kappa shape index (κ3) is 6.82. The first-order valence-corrected chi connectivity index (χ1v) is 12.3. The predicted octanol–water partition coefficient (Wildman–Crippen LogP) is 4.53. The molecule has 0 atom stereocenters. The number of hydrogen-bond donors (Lipinski definition) is 1. The Hall–Kier alpha value is -3.39. The standard InChI is InChI=1S/C26H29ClN4O4/c1-2-34-22-12-8-19(9-13-22)26(33)31-16-14-21(15-17-31)28-23(32)4-3-5-24-29-25(30-35-24)18-6-10-20(27)11-7-18/h6-13,21H,2-5,14-17H2,1H3,(H,28,32). The number of aromatic nitrogens is 2. The van der Waals surface area contributed by atoms with E-state index < -0.39 is 0 Å². The van der Waals surface area contributed by atoms with Gasteiger partial charge in [0.05, 0.1) is 6.61 Å². The molecule has 4 rings (SSSR count). The van der Waals surface area contributed by atoms with Crippen LogP contribution in [0.1, 0.15) is 48.9 Å². The van der Waals surface area contributed by atoms with E-state index in [9.17, 15) is 9.59 Å². The Kier molecular flexibility index (Phi) is 8.36. The highest BCUT2D eigenvalue weighted by atomic mass is 35.5. The number of carbonyl (C=O) groups excluding carboxylic acids is 2. The van der Waals surface area contributed by atoms with E-state index in [-0.39, 0.29) is 17.9 Å². The normalized spacial score (nSPS) is 14.1. The van der Waals surface area contributed by atoms with E-state index >= 15 is 0 Å². The molecule has 2 heterocycles. The second-order valence-corrected chi connectivity index (χ2v) is 8.90. The number of rotatable bonds is 9. The van der Waals surface area contributed by atoms with E-state index in [0.29, 0.717) is 61.3 Å². The topological polar surface area (TPSA) is 97.6 Å². The van der Waals surface area contributed by atoms with Crippen molar-refractivity contribution >= 4 is 23.4 Å². The van der Waals surface area contributed by atoms with Crippen molar-refractivity contribution in [3.05, 3.63) is 65.0 Å². The van der Waals surface area contributed by atoms with Gasteiger partial charge in [0.25, 0.3) is 5.91 Å². The number of carbonyl (C=O) groups is 2. The summed E-state index contributed by atoms with van der Waals surface area (Å²) in [5.41, 5.74) is 1.48. The molecule has 0 unspecified atom stereocenters. The zero-order valence-corrected chi connectivity index (χ0v) is 20.5. The number of likely N-dealkylation sites (tertiary alicyclic amines) is 1. The molecule has 0 saturated carbocycles. The second kappa shape index (κ2) is 11.8. The van der Waals surface area contributed by atoms with Crippen molar-refractivity contribution in [2.24, 2.45) is 0 Å². The number of halogens is 1. The van der Waals surface area contributed by atoms with Gasteiger partial charge in [-0.2, -0.15) is 4.98 Å². The van der Waals surface area contributed by atoms with Crippen molar-refractivity contribution in [3.63, 3.8) is 0 Å². The lowest BCUT2D eigenvalue weighted by Gasteiger charge is -2.32. The van der Waals surface area contributed by atoms with Gasteiger partial charge in [0.1, 0.15) is 5.75 Å². The molecular formula is C26H29ClN4O4. The maximum atomic E-state index is 12.8. The SMILES string of the molecule is CCOc1ccc(C(=O)N2CCC(NC(=O)CCCc3nc(-c4ccc(Cl)cc4)no3)CC2)cc1. The minimum atomic E-state index is -0.00118. The first kappa shape index (κ1) is 24.7. The minimum absolute atomic E-state index is 0.00118. The fourth-order valence-corrected chi connectivity index (χ4v) is 4.17. The van der Waals surface area contributed by atoms with Crippen LogP contribution >= 0.6 is 11.6 Å². The average Bonchev–Trinajstić information content (AvgIpc) is 3.34. The number of ether oxygens (including phenoxy) is 1. The van der Waals surface area contributed by atoms with Crippen LogP contribution in [-0.2, 0) is 11.2 Å². The van der Waals surface area contributed by atoms with Crippen LogP contribution in [-0.4, -0.2) is 52.6 Å². The molecule has 1 N–H and O–H groups in total. The summed E-state index contributed by atoms with van der Waals surface area (Å²) in [6, 6.07) is 14.5. The lowest BCUT2D eigenvalue weighted by molar-refractivity contribution is -0.122. The molecule has 1 aromatic heterocycles. The summed E-state index contributed by atoms with van der Waals surface area (Å²) in [6.45, 7) is 3.75. The van der Waals surface area contributed by atoms with Gasteiger partial charge in [-0.1, -0.05) is 16.8 Å². The Labute approximate surface area is 209 Å². The van der Waals surface area contributed by atoms with Crippen molar-refractivity contribution in [1.29, 1.82) is 0 Å². The van der Waals surface area contributed by atoms with Gasteiger partial charge in [0.2, 0.25) is 17.6 Å². The summed E-state index contributed by atoms with van der Waals surface area (Å²) in [5.74, 6) is 1.78. The molecule has 2 amide bonds. The molecule has 1 saturated heterocycles. The van der Waals surface area contributed by atoms with E-state index in [1.807, 2.05) is 36.1 Å². The molecule has 1 aliphatic heterocycles. The third-order valence-corrected chi connectivity index (χ3v) is 6.18. The number of aryl methyl sites for hydroxylation is 1. The van der Waals surface area contributed by atoms with Crippen LogP contribution in [0.2, 0.25) is 5.02 Å². The monoisotopic (exact) mass is 496 g/mol. The molecule has 1 fully saturated rings. The molecule has 0 aliphatic carbocycles. The number of benzene rings is 2. The third-order valence-electron chi connectivity index (χ3n) is 5.92. The highest BCUT2D eigenvalue weighted by Crippen LogP contribution is 2.20. The Morgan fingerprint density at radius 3 is 2.51 bits per heavy atom. The highest BCUT2D eigenvalue weighted by molar-refractivity contribution is 6.30. The molecule has 2 aromatic carbocycles. The molecule has 0 radical (unpaired) electrons. The fraction of sp³-hybridized carbons (Fsp3) is 0.385. The second-order valence-electron chi connectivity index (χ2n) is 8.46. The zero-order chi connectivity index (χ0) is 24.6. The summed E-state index contributed by atoms with van der Waals surface area (Å²) in [6.07, 6.45) is 3.00.